The zero-order valence-corrected chi connectivity index (χ0v) is 10.9. The van der Waals surface area contributed by atoms with Gasteiger partial charge in [0.15, 0.2) is 0 Å². The predicted molar refractivity (Wildman–Crippen MR) is 74.2 cm³/mol. The molecule has 1 N–H and O–H groups in total. The molecule has 0 fully saturated rings. The molecule has 3 rings (SSSR count). The van der Waals surface area contributed by atoms with E-state index in [1.54, 1.807) is 6.07 Å². The lowest BCUT2D eigenvalue weighted by Gasteiger charge is -1.96. The Hall–Kier alpha value is -1.43. The van der Waals surface area contributed by atoms with E-state index in [0.717, 1.165) is 26.0 Å². The van der Waals surface area contributed by atoms with E-state index in [1.807, 2.05) is 24.3 Å². The van der Waals surface area contributed by atoms with Crippen molar-refractivity contribution in [3.8, 4) is 11.4 Å². The molecule has 0 spiro atoms. The highest BCUT2D eigenvalue weighted by Gasteiger charge is 2.06. The van der Waals surface area contributed by atoms with Crippen LogP contribution in [0.4, 0.5) is 4.39 Å². The van der Waals surface area contributed by atoms with Gasteiger partial charge in [0.1, 0.15) is 11.6 Å². The minimum atomic E-state index is -0.254. The number of hydrogen-bond acceptors (Lipinski definition) is 1. The molecule has 0 bridgehead atoms. The lowest BCUT2D eigenvalue weighted by atomic mass is 10.2. The van der Waals surface area contributed by atoms with Crippen LogP contribution < -0.4 is 0 Å². The van der Waals surface area contributed by atoms with Crippen LogP contribution in [0.3, 0.4) is 0 Å². The van der Waals surface area contributed by atoms with Crippen LogP contribution in [0.2, 0.25) is 0 Å². The number of imidazole rings is 1. The Bertz CT molecular complexity index is 691. The summed E-state index contributed by atoms with van der Waals surface area (Å²) in [6.45, 7) is 0. The van der Waals surface area contributed by atoms with E-state index >= 15 is 0 Å². The van der Waals surface area contributed by atoms with Gasteiger partial charge in [-0.15, -0.1) is 0 Å². The highest BCUT2D eigenvalue weighted by Crippen LogP contribution is 2.22. The Kier molecular flexibility index (Phi) is 2.58. The number of aromatic nitrogens is 2. The maximum absolute atomic E-state index is 13.1. The Morgan fingerprint density at radius 2 is 2.00 bits per heavy atom. The summed E-state index contributed by atoms with van der Waals surface area (Å²) in [6.07, 6.45) is 0. The van der Waals surface area contributed by atoms with Gasteiger partial charge in [-0.05, 0) is 52.9 Å². The second kappa shape index (κ2) is 4.10. The van der Waals surface area contributed by atoms with Gasteiger partial charge in [-0.2, -0.15) is 0 Å². The minimum Gasteiger partial charge on any atom is -0.338 e. The summed E-state index contributed by atoms with van der Waals surface area (Å²) in [5.41, 5.74) is 2.51. The van der Waals surface area contributed by atoms with Crippen molar-refractivity contribution < 1.29 is 4.39 Å². The first-order valence-electron chi connectivity index (χ1n) is 5.13. The van der Waals surface area contributed by atoms with Gasteiger partial charge in [0.2, 0.25) is 0 Å². The van der Waals surface area contributed by atoms with Crippen LogP contribution in [0.25, 0.3) is 22.4 Å². The number of aromatic amines is 1. The quantitative estimate of drug-likeness (QED) is 0.668. The third-order valence-electron chi connectivity index (χ3n) is 2.54. The summed E-state index contributed by atoms with van der Waals surface area (Å²) in [4.78, 5) is 7.57. The molecule has 0 saturated heterocycles. The van der Waals surface area contributed by atoms with Crippen LogP contribution in [0.5, 0.6) is 0 Å². The molecule has 0 aliphatic rings. The molecule has 0 amide bonds. The molecule has 17 heavy (non-hydrogen) atoms. The highest BCUT2D eigenvalue weighted by atomic mass is 127. The van der Waals surface area contributed by atoms with Gasteiger partial charge in [0.25, 0.3) is 0 Å². The molecule has 0 saturated carbocycles. The Morgan fingerprint density at radius 3 is 2.82 bits per heavy atom. The topological polar surface area (TPSA) is 28.7 Å². The van der Waals surface area contributed by atoms with Gasteiger partial charge in [-0.25, -0.2) is 9.37 Å². The third-order valence-corrected chi connectivity index (χ3v) is 3.21. The molecule has 0 unspecified atom stereocenters. The maximum Gasteiger partial charge on any atom is 0.138 e. The first kappa shape index (κ1) is 10.7. The number of H-pyrrole nitrogens is 1. The summed E-state index contributed by atoms with van der Waals surface area (Å²) in [6, 6.07) is 12.6. The summed E-state index contributed by atoms with van der Waals surface area (Å²) in [5, 5.41) is 0. The van der Waals surface area contributed by atoms with Gasteiger partial charge in [-0.3, -0.25) is 0 Å². The molecule has 1 aromatic heterocycles. The molecule has 0 aliphatic heterocycles. The van der Waals surface area contributed by atoms with Gasteiger partial charge >= 0.3 is 0 Å². The smallest absolute Gasteiger partial charge is 0.138 e. The molecule has 4 heteroatoms. The lowest BCUT2D eigenvalue weighted by Crippen LogP contribution is -1.80. The predicted octanol–water partition coefficient (Wildman–Crippen LogP) is 3.97. The van der Waals surface area contributed by atoms with Crippen LogP contribution in [0, 0.1) is 9.39 Å². The van der Waals surface area contributed by atoms with Crippen molar-refractivity contribution in [3.05, 3.63) is 51.9 Å². The SMILES string of the molecule is Fc1ccc2nc(-c3cccc(I)c3)[nH]c2c1. The zero-order chi connectivity index (χ0) is 11.8. The lowest BCUT2D eigenvalue weighted by molar-refractivity contribution is 0.629. The Morgan fingerprint density at radius 1 is 1.12 bits per heavy atom. The molecule has 0 atom stereocenters. The average Bonchev–Trinajstić information content (AvgIpc) is 2.72. The van der Waals surface area contributed by atoms with Crippen LogP contribution >= 0.6 is 22.6 Å². The highest BCUT2D eigenvalue weighted by molar-refractivity contribution is 14.1. The minimum absolute atomic E-state index is 0.254. The number of hydrogen-bond donors (Lipinski definition) is 1. The number of nitrogens with zero attached hydrogens (tertiary/aromatic N) is 1. The number of rotatable bonds is 1. The van der Waals surface area contributed by atoms with E-state index in [0.29, 0.717) is 0 Å². The van der Waals surface area contributed by atoms with Crippen molar-refractivity contribution in [3.63, 3.8) is 0 Å². The second-order valence-electron chi connectivity index (χ2n) is 3.76. The zero-order valence-electron chi connectivity index (χ0n) is 8.74. The molecule has 84 valence electrons. The van der Waals surface area contributed by atoms with Gasteiger partial charge in [0, 0.05) is 9.13 Å². The van der Waals surface area contributed by atoms with Crippen molar-refractivity contribution >= 4 is 33.6 Å². The molecule has 3 aromatic rings. The Balaban J connectivity index is 2.18. The summed E-state index contributed by atoms with van der Waals surface area (Å²) < 4.78 is 14.2. The molecule has 2 nitrogen and oxygen atoms in total. The second-order valence-corrected chi connectivity index (χ2v) is 5.00. The third kappa shape index (κ3) is 2.04. The summed E-state index contributed by atoms with van der Waals surface area (Å²) in [7, 11) is 0. The van der Waals surface area contributed by atoms with Crippen LogP contribution in [0.15, 0.2) is 42.5 Å². The number of fused-ring (bicyclic) bond motifs is 1. The van der Waals surface area contributed by atoms with Crippen LogP contribution in [-0.2, 0) is 0 Å². The van der Waals surface area contributed by atoms with Crippen LogP contribution in [0.1, 0.15) is 0 Å². The van der Waals surface area contributed by atoms with E-state index in [4.69, 9.17) is 0 Å². The largest absolute Gasteiger partial charge is 0.338 e. The number of halogens is 2. The number of nitrogens with one attached hydrogen (secondary N) is 1. The van der Waals surface area contributed by atoms with Gasteiger partial charge in [-0.1, -0.05) is 12.1 Å². The van der Waals surface area contributed by atoms with Crippen molar-refractivity contribution in [1.29, 1.82) is 0 Å². The molecular weight excluding hydrogens is 330 g/mol. The fourth-order valence-electron chi connectivity index (χ4n) is 1.75. The van der Waals surface area contributed by atoms with E-state index in [2.05, 4.69) is 32.6 Å². The van der Waals surface area contributed by atoms with Crippen molar-refractivity contribution in [2.24, 2.45) is 0 Å². The Labute approximate surface area is 111 Å². The summed E-state index contributed by atoms with van der Waals surface area (Å²) in [5.74, 6) is 0.513. The van der Waals surface area contributed by atoms with Crippen molar-refractivity contribution in [1.82, 2.24) is 9.97 Å². The van der Waals surface area contributed by atoms with E-state index in [-0.39, 0.29) is 5.82 Å². The number of benzene rings is 2. The molecular formula is C13H8FIN2. The molecule has 1 heterocycles. The van der Waals surface area contributed by atoms with E-state index in [9.17, 15) is 4.39 Å². The standard InChI is InChI=1S/C13H8FIN2/c14-9-4-5-11-12(7-9)17-13(16-11)8-2-1-3-10(15)6-8/h1-7H,(H,16,17). The van der Waals surface area contributed by atoms with E-state index in [1.165, 1.54) is 12.1 Å². The van der Waals surface area contributed by atoms with Gasteiger partial charge < -0.3 is 4.98 Å². The monoisotopic (exact) mass is 338 g/mol. The van der Waals surface area contributed by atoms with Crippen molar-refractivity contribution in [2.45, 2.75) is 0 Å². The first-order valence-corrected chi connectivity index (χ1v) is 6.21. The summed E-state index contributed by atoms with van der Waals surface area (Å²) >= 11 is 2.25. The maximum atomic E-state index is 13.1. The fourth-order valence-corrected chi connectivity index (χ4v) is 2.30. The van der Waals surface area contributed by atoms with E-state index < -0.39 is 0 Å². The normalized spacial score (nSPS) is 10.9. The van der Waals surface area contributed by atoms with Gasteiger partial charge in [0.05, 0.1) is 11.0 Å². The molecule has 2 aromatic carbocycles. The molecule has 0 aliphatic carbocycles. The first-order chi connectivity index (χ1) is 8.22. The fraction of sp³-hybridized carbons (Fsp3) is 0. The van der Waals surface area contributed by atoms with Crippen molar-refractivity contribution in [2.75, 3.05) is 0 Å². The van der Waals surface area contributed by atoms with Crippen LogP contribution in [-0.4, -0.2) is 9.97 Å². The average molecular weight is 338 g/mol. The molecule has 0 radical (unpaired) electrons.